The second-order valence-electron chi connectivity index (χ2n) is 5.31. The van der Waals surface area contributed by atoms with Crippen molar-refractivity contribution in [2.45, 2.75) is 32.8 Å². The maximum absolute atomic E-state index is 6.21. The van der Waals surface area contributed by atoms with Crippen LogP contribution in [0.2, 0.25) is 0 Å². The number of ether oxygens (including phenoxy) is 1. The number of aryl methyl sites for hydroxylation is 2. The van der Waals surface area contributed by atoms with E-state index in [-0.39, 0.29) is 18.5 Å². The van der Waals surface area contributed by atoms with Crippen LogP contribution in [-0.4, -0.2) is 25.2 Å². The highest BCUT2D eigenvalue weighted by Gasteiger charge is 2.21. The van der Waals surface area contributed by atoms with Gasteiger partial charge in [-0.2, -0.15) is 0 Å². The summed E-state index contributed by atoms with van der Waals surface area (Å²) in [6, 6.07) is 12.6. The second kappa shape index (κ2) is 10.4. The molecule has 0 spiro atoms. The zero-order chi connectivity index (χ0) is 15.8. The number of benzene rings is 1. The van der Waals surface area contributed by atoms with Gasteiger partial charge in [-0.15, -0.1) is 12.4 Å². The molecule has 126 valence electrons. The largest absolute Gasteiger partial charge is 0.366 e. The van der Waals surface area contributed by atoms with Gasteiger partial charge in [-0.1, -0.05) is 38.1 Å². The predicted octanol–water partition coefficient (Wildman–Crippen LogP) is 3.95. The zero-order valence-electron chi connectivity index (χ0n) is 14.2. The van der Waals surface area contributed by atoms with E-state index >= 15 is 0 Å². The van der Waals surface area contributed by atoms with Gasteiger partial charge in [0.05, 0.1) is 12.3 Å². The molecule has 4 heteroatoms. The molecule has 1 unspecified atom stereocenters. The van der Waals surface area contributed by atoms with Crippen LogP contribution >= 0.6 is 12.4 Å². The minimum atomic E-state index is -0.0966. The standard InChI is InChI=1S/C19H26N2O.ClH/c1-4-15-9-8-10-16(5-2)18(15)19(22-14-13-20-3)17-11-6-7-12-21-17;/h6-12,19-20H,4-5,13-14H2,1-3H3;1H. The van der Waals surface area contributed by atoms with Gasteiger partial charge < -0.3 is 10.1 Å². The van der Waals surface area contributed by atoms with Gasteiger partial charge in [-0.05, 0) is 48.7 Å². The van der Waals surface area contributed by atoms with E-state index in [0.717, 1.165) is 25.1 Å². The number of rotatable bonds is 8. The fourth-order valence-electron chi connectivity index (χ4n) is 2.75. The summed E-state index contributed by atoms with van der Waals surface area (Å²) in [5, 5.41) is 3.14. The third-order valence-corrected chi connectivity index (χ3v) is 3.90. The molecule has 0 aliphatic carbocycles. The summed E-state index contributed by atoms with van der Waals surface area (Å²) in [5.41, 5.74) is 4.97. The molecule has 0 saturated heterocycles. The van der Waals surface area contributed by atoms with Crippen LogP contribution in [0.25, 0.3) is 0 Å². The number of halogens is 1. The fourth-order valence-corrected chi connectivity index (χ4v) is 2.75. The topological polar surface area (TPSA) is 34.1 Å². The van der Waals surface area contributed by atoms with Crippen molar-refractivity contribution in [3.05, 3.63) is 65.0 Å². The molecule has 23 heavy (non-hydrogen) atoms. The van der Waals surface area contributed by atoms with E-state index in [9.17, 15) is 0 Å². The van der Waals surface area contributed by atoms with Crippen molar-refractivity contribution in [2.24, 2.45) is 0 Å². The lowest BCUT2D eigenvalue weighted by Gasteiger charge is -2.23. The van der Waals surface area contributed by atoms with Crippen molar-refractivity contribution in [1.29, 1.82) is 0 Å². The quantitative estimate of drug-likeness (QED) is 0.742. The minimum absolute atomic E-state index is 0. The summed E-state index contributed by atoms with van der Waals surface area (Å²) in [6.45, 7) is 5.89. The van der Waals surface area contributed by atoms with Crippen molar-refractivity contribution < 1.29 is 4.74 Å². The first-order valence-corrected chi connectivity index (χ1v) is 8.09. The first-order valence-electron chi connectivity index (χ1n) is 8.09. The third kappa shape index (κ3) is 5.03. The molecule has 1 N–H and O–H groups in total. The lowest BCUT2D eigenvalue weighted by molar-refractivity contribution is 0.0791. The zero-order valence-corrected chi connectivity index (χ0v) is 15.0. The van der Waals surface area contributed by atoms with Crippen LogP contribution in [0.4, 0.5) is 0 Å². The highest BCUT2D eigenvalue weighted by Crippen LogP contribution is 2.31. The van der Waals surface area contributed by atoms with Crippen LogP contribution in [0.5, 0.6) is 0 Å². The van der Waals surface area contributed by atoms with E-state index in [4.69, 9.17) is 4.74 Å². The van der Waals surface area contributed by atoms with Crippen molar-refractivity contribution >= 4 is 12.4 Å². The number of nitrogens with one attached hydrogen (secondary N) is 1. The Balaban J connectivity index is 0.00000264. The van der Waals surface area contributed by atoms with Gasteiger partial charge in [0, 0.05) is 12.7 Å². The molecular formula is C19H27ClN2O. The normalized spacial score (nSPS) is 11.8. The van der Waals surface area contributed by atoms with Crippen molar-refractivity contribution in [2.75, 3.05) is 20.2 Å². The Bertz CT molecular complexity index is 553. The Morgan fingerprint density at radius 3 is 2.26 bits per heavy atom. The number of hydrogen-bond acceptors (Lipinski definition) is 3. The molecule has 1 atom stereocenters. The molecule has 0 aliphatic rings. The van der Waals surface area contributed by atoms with Gasteiger partial charge in [-0.3, -0.25) is 4.98 Å². The van der Waals surface area contributed by atoms with Gasteiger partial charge in [0.15, 0.2) is 0 Å². The molecule has 2 rings (SSSR count). The van der Waals surface area contributed by atoms with E-state index in [2.05, 4.69) is 48.4 Å². The summed E-state index contributed by atoms with van der Waals surface area (Å²) >= 11 is 0. The monoisotopic (exact) mass is 334 g/mol. The molecule has 0 amide bonds. The maximum Gasteiger partial charge on any atom is 0.125 e. The van der Waals surface area contributed by atoms with Crippen LogP contribution in [-0.2, 0) is 17.6 Å². The van der Waals surface area contributed by atoms with E-state index < -0.39 is 0 Å². The average Bonchev–Trinajstić information content (AvgIpc) is 2.59. The number of likely N-dealkylation sites (N-methyl/N-ethyl adjacent to an activating group) is 1. The molecule has 0 radical (unpaired) electrons. The van der Waals surface area contributed by atoms with Crippen molar-refractivity contribution in [3.8, 4) is 0 Å². The lowest BCUT2D eigenvalue weighted by atomic mass is 9.91. The first kappa shape index (κ1) is 19.6. The van der Waals surface area contributed by atoms with Gasteiger partial charge >= 0.3 is 0 Å². The van der Waals surface area contributed by atoms with E-state index in [1.54, 1.807) is 0 Å². The smallest absolute Gasteiger partial charge is 0.125 e. The lowest BCUT2D eigenvalue weighted by Crippen LogP contribution is -2.19. The van der Waals surface area contributed by atoms with Crippen LogP contribution in [0, 0.1) is 0 Å². The van der Waals surface area contributed by atoms with E-state index in [0.29, 0.717) is 6.61 Å². The molecular weight excluding hydrogens is 308 g/mol. The van der Waals surface area contributed by atoms with E-state index in [1.165, 1.54) is 16.7 Å². The van der Waals surface area contributed by atoms with Gasteiger partial charge in [-0.25, -0.2) is 0 Å². The second-order valence-corrected chi connectivity index (χ2v) is 5.31. The first-order chi connectivity index (χ1) is 10.8. The molecule has 1 heterocycles. The molecule has 1 aromatic carbocycles. The Kier molecular flexibility index (Phi) is 8.85. The molecule has 0 bridgehead atoms. The van der Waals surface area contributed by atoms with Crippen LogP contribution in [0.3, 0.4) is 0 Å². The highest BCUT2D eigenvalue weighted by molar-refractivity contribution is 5.85. The Hall–Kier alpha value is -1.42. The predicted molar refractivity (Wildman–Crippen MR) is 98.4 cm³/mol. The Labute approximate surface area is 145 Å². The van der Waals surface area contributed by atoms with Gasteiger partial charge in [0.2, 0.25) is 0 Å². The summed E-state index contributed by atoms with van der Waals surface area (Å²) in [7, 11) is 1.94. The Morgan fingerprint density at radius 1 is 1.04 bits per heavy atom. The SMILES string of the molecule is CCc1cccc(CC)c1C(OCCNC)c1ccccn1.Cl. The minimum Gasteiger partial charge on any atom is -0.366 e. The highest BCUT2D eigenvalue weighted by atomic mass is 35.5. The van der Waals surface area contributed by atoms with Crippen LogP contribution < -0.4 is 5.32 Å². The van der Waals surface area contributed by atoms with Crippen LogP contribution in [0.1, 0.15) is 42.3 Å². The number of nitrogens with zero attached hydrogens (tertiary/aromatic N) is 1. The maximum atomic E-state index is 6.21. The number of aromatic nitrogens is 1. The summed E-state index contributed by atoms with van der Waals surface area (Å²) in [5.74, 6) is 0. The van der Waals surface area contributed by atoms with Gasteiger partial charge in [0.25, 0.3) is 0 Å². The Morgan fingerprint density at radius 2 is 1.74 bits per heavy atom. The molecule has 0 fully saturated rings. The number of pyridine rings is 1. The van der Waals surface area contributed by atoms with Crippen molar-refractivity contribution in [1.82, 2.24) is 10.3 Å². The van der Waals surface area contributed by atoms with E-state index in [1.807, 2.05) is 25.4 Å². The molecule has 0 saturated carbocycles. The van der Waals surface area contributed by atoms with Crippen molar-refractivity contribution in [3.63, 3.8) is 0 Å². The number of hydrogen-bond donors (Lipinski definition) is 1. The molecule has 0 aliphatic heterocycles. The third-order valence-electron chi connectivity index (χ3n) is 3.90. The molecule has 3 nitrogen and oxygen atoms in total. The molecule has 2 aromatic rings. The average molecular weight is 335 g/mol. The van der Waals surface area contributed by atoms with Gasteiger partial charge in [0.1, 0.15) is 6.10 Å². The summed E-state index contributed by atoms with van der Waals surface area (Å²) in [6.07, 6.45) is 3.74. The summed E-state index contributed by atoms with van der Waals surface area (Å²) < 4.78 is 6.21. The van der Waals surface area contributed by atoms with Crippen LogP contribution in [0.15, 0.2) is 42.6 Å². The fraction of sp³-hybridized carbons (Fsp3) is 0.421. The summed E-state index contributed by atoms with van der Waals surface area (Å²) in [4.78, 5) is 4.54. The molecule has 1 aromatic heterocycles.